The van der Waals surface area contributed by atoms with Crippen LogP contribution in [0.2, 0.25) is 5.02 Å². The van der Waals surface area contributed by atoms with Gasteiger partial charge in [0.1, 0.15) is 5.75 Å². The van der Waals surface area contributed by atoms with Crippen molar-refractivity contribution < 1.29 is 9.84 Å². The predicted octanol–water partition coefficient (Wildman–Crippen LogP) is 3.03. The number of ether oxygens (including phenoxy) is 1. The molecule has 1 rings (SSSR count). The van der Waals surface area contributed by atoms with E-state index in [1.54, 1.807) is 7.11 Å². The second-order valence-electron chi connectivity index (χ2n) is 4.42. The van der Waals surface area contributed by atoms with Crippen LogP contribution in [0, 0.1) is 11.8 Å². The Hall–Kier alpha value is -0.930. The Kier molecular flexibility index (Phi) is 5.59. The molecule has 0 radical (unpaired) electrons. The smallest absolute Gasteiger partial charge is 0.137 e. The summed E-state index contributed by atoms with van der Waals surface area (Å²) in [5.74, 6) is 1.36. The van der Waals surface area contributed by atoms with E-state index in [4.69, 9.17) is 16.3 Å². The zero-order valence-electron chi connectivity index (χ0n) is 10.5. The molecule has 0 bridgehead atoms. The zero-order valence-corrected chi connectivity index (χ0v) is 11.3. The molecule has 1 aromatic carbocycles. The van der Waals surface area contributed by atoms with Gasteiger partial charge >= 0.3 is 0 Å². The Morgan fingerprint density at radius 2 is 2.12 bits per heavy atom. The molecule has 17 heavy (non-hydrogen) atoms. The van der Waals surface area contributed by atoms with Gasteiger partial charge in [-0.3, -0.25) is 0 Å². The number of hydrogen-bond donors (Lipinski definition) is 2. The lowest BCUT2D eigenvalue weighted by Crippen LogP contribution is -2.22. The Labute approximate surface area is 108 Å². The van der Waals surface area contributed by atoms with Crippen molar-refractivity contribution in [2.24, 2.45) is 11.8 Å². The third-order valence-corrected chi connectivity index (χ3v) is 3.19. The van der Waals surface area contributed by atoms with Gasteiger partial charge in [-0.25, -0.2) is 0 Å². The third kappa shape index (κ3) is 4.10. The highest BCUT2D eigenvalue weighted by atomic mass is 35.5. The summed E-state index contributed by atoms with van der Waals surface area (Å²) >= 11 is 6.03. The van der Waals surface area contributed by atoms with Crippen LogP contribution in [-0.4, -0.2) is 25.4 Å². The average Bonchev–Trinajstić information content (AvgIpc) is 2.29. The number of benzene rings is 1. The Morgan fingerprint density at radius 1 is 1.41 bits per heavy atom. The standard InChI is InChI=1S/C13H20ClNO2/c1-9(2)10(8-16)7-15-11-4-5-13(17-3)12(14)6-11/h4-6,9-10,15-16H,7-8H2,1-3H3. The van der Waals surface area contributed by atoms with Crippen molar-refractivity contribution in [2.45, 2.75) is 13.8 Å². The van der Waals surface area contributed by atoms with Crippen LogP contribution < -0.4 is 10.1 Å². The highest BCUT2D eigenvalue weighted by Crippen LogP contribution is 2.27. The van der Waals surface area contributed by atoms with E-state index in [9.17, 15) is 5.11 Å². The number of hydrogen-bond acceptors (Lipinski definition) is 3. The summed E-state index contributed by atoms with van der Waals surface area (Å²) in [7, 11) is 1.59. The normalized spacial score (nSPS) is 12.6. The molecule has 0 spiro atoms. The van der Waals surface area contributed by atoms with Gasteiger partial charge in [-0.15, -0.1) is 0 Å². The first kappa shape index (κ1) is 14.1. The number of halogens is 1. The number of anilines is 1. The fourth-order valence-corrected chi connectivity index (χ4v) is 1.79. The zero-order chi connectivity index (χ0) is 12.8. The van der Waals surface area contributed by atoms with Crippen LogP contribution in [0.25, 0.3) is 0 Å². The van der Waals surface area contributed by atoms with Crippen LogP contribution in [0.3, 0.4) is 0 Å². The van der Waals surface area contributed by atoms with E-state index < -0.39 is 0 Å². The minimum Gasteiger partial charge on any atom is -0.495 e. The summed E-state index contributed by atoms with van der Waals surface area (Å²) in [5, 5.41) is 13.1. The van der Waals surface area contributed by atoms with E-state index in [-0.39, 0.29) is 12.5 Å². The fraction of sp³-hybridized carbons (Fsp3) is 0.538. The molecule has 1 unspecified atom stereocenters. The van der Waals surface area contributed by atoms with Crippen LogP contribution in [0.1, 0.15) is 13.8 Å². The third-order valence-electron chi connectivity index (χ3n) is 2.90. The van der Waals surface area contributed by atoms with Crippen molar-refractivity contribution in [3.63, 3.8) is 0 Å². The molecule has 0 amide bonds. The number of aliphatic hydroxyl groups is 1. The minimum absolute atomic E-state index is 0.189. The number of nitrogens with one attached hydrogen (secondary N) is 1. The molecule has 1 aromatic rings. The Balaban J connectivity index is 2.60. The van der Waals surface area contributed by atoms with E-state index in [1.165, 1.54) is 0 Å². The topological polar surface area (TPSA) is 41.5 Å². The van der Waals surface area contributed by atoms with Gasteiger partial charge in [-0.05, 0) is 24.1 Å². The van der Waals surface area contributed by atoms with Gasteiger partial charge in [0, 0.05) is 24.8 Å². The van der Waals surface area contributed by atoms with E-state index in [1.807, 2.05) is 18.2 Å². The maximum Gasteiger partial charge on any atom is 0.137 e. The molecule has 0 aromatic heterocycles. The first-order valence-electron chi connectivity index (χ1n) is 5.76. The van der Waals surface area contributed by atoms with Crippen LogP contribution in [-0.2, 0) is 0 Å². The number of methoxy groups -OCH3 is 1. The summed E-state index contributed by atoms with van der Waals surface area (Å²) in [4.78, 5) is 0. The molecule has 0 aliphatic heterocycles. The van der Waals surface area contributed by atoms with E-state index in [2.05, 4.69) is 19.2 Å². The molecule has 96 valence electrons. The van der Waals surface area contributed by atoms with Crippen molar-refractivity contribution in [3.05, 3.63) is 23.2 Å². The second-order valence-corrected chi connectivity index (χ2v) is 4.82. The lowest BCUT2D eigenvalue weighted by atomic mass is 9.97. The van der Waals surface area contributed by atoms with Crippen molar-refractivity contribution in [2.75, 3.05) is 25.6 Å². The van der Waals surface area contributed by atoms with Crippen molar-refractivity contribution in [3.8, 4) is 5.75 Å². The number of aliphatic hydroxyl groups excluding tert-OH is 1. The van der Waals surface area contributed by atoms with Crippen LogP contribution in [0.15, 0.2) is 18.2 Å². The number of rotatable bonds is 6. The quantitative estimate of drug-likeness (QED) is 0.823. The summed E-state index contributed by atoms with van der Waals surface area (Å²) in [5.41, 5.74) is 0.940. The van der Waals surface area contributed by atoms with Gasteiger partial charge in [0.25, 0.3) is 0 Å². The van der Waals surface area contributed by atoms with Crippen molar-refractivity contribution in [1.82, 2.24) is 0 Å². The fourth-order valence-electron chi connectivity index (χ4n) is 1.54. The summed E-state index contributed by atoms with van der Waals surface area (Å²) in [6.45, 7) is 5.12. The van der Waals surface area contributed by atoms with Crippen LogP contribution >= 0.6 is 11.6 Å². The average molecular weight is 258 g/mol. The Bertz CT molecular complexity index is 355. The SMILES string of the molecule is COc1ccc(NCC(CO)C(C)C)cc1Cl. The summed E-state index contributed by atoms with van der Waals surface area (Å²) in [6, 6.07) is 5.57. The van der Waals surface area contributed by atoms with Gasteiger partial charge < -0.3 is 15.2 Å². The molecule has 0 heterocycles. The highest BCUT2D eigenvalue weighted by molar-refractivity contribution is 6.32. The molecule has 0 saturated carbocycles. The molecule has 2 N–H and O–H groups in total. The molecule has 1 atom stereocenters. The maximum absolute atomic E-state index is 9.23. The van der Waals surface area contributed by atoms with E-state index >= 15 is 0 Å². The first-order chi connectivity index (χ1) is 8.08. The lowest BCUT2D eigenvalue weighted by molar-refractivity contribution is 0.198. The lowest BCUT2D eigenvalue weighted by Gasteiger charge is -2.19. The van der Waals surface area contributed by atoms with Gasteiger partial charge in [-0.1, -0.05) is 25.4 Å². The molecular formula is C13H20ClNO2. The summed E-state index contributed by atoms with van der Waals surface area (Å²) < 4.78 is 5.09. The minimum atomic E-state index is 0.189. The molecule has 0 aliphatic carbocycles. The Morgan fingerprint density at radius 3 is 2.59 bits per heavy atom. The molecule has 0 fully saturated rings. The summed E-state index contributed by atoms with van der Waals surface area (Å²) in [6.07, 6.45) is 0. The van der Waals surface area contributed by atoms with E-state index in [0.29, 0.717) is 16.7 Å². The second kappa shape index (κ2) is 6.72. The first-order valence-corrected chi connectivity index (χ1v) is 6.14. The van der Waals surface area contributed by atoms with Crippen molar-refractivity contribution in [1.29, 1.82) is 0 Å². The van der Waals surface area contributed by atoms with Gasteiger partial charge in [-0.2, -0.15) is 0 Å². The highest BCUT2D eigenvalue weighted by Gasteiger charge is 2.11. The predicted molar refractivity (Wildman–Crippen MR) is 71.9 cm³/mol. The van der Waals surface area contributed by atoms with Gasteiger partial charge in [0.2, 0.25) is 0 Å². The van der Waals surface area contributed by atoms with Crippen molar-refractivity contribution >= 4 is 17.3 Å². The molecule has 0 saturated heterocycles. The van der Waals surface area contributed by atoms with E-state index in [0.717, 1.165) is 12.2 Å². The molecule has 0 aliphatic rings. The molecule has 4 heteroatoms. The van der Waals surface area contributed by atoms with Gasteiger partial charge in [0.15, 0.2) is 0 Å². The largest absolute Gasteiger partial charge is 0.495 e. The monoisotopic (exact) mass is 257 g/mol. The molecule has 3 nitrogen and oxygen atoms in total. The molecular weight excluding hydrogens is 238 g/mol. The maximum atomic E-state index is 9.23. The van der Waals surface area contributed by atoms with Crippen LogP contribution in [0.4, 0.5) is 5.69 Å². The van der Waals surface area contributed by atoms with Crippen LogP contribution in [0.5, 0.6) is 5.75 Å². The van der Waals surface area contributed by atoms with Gasteiger partial charge in [0.05, 0.1) is 12.1 Å².